The second kappa shape index (κ2) is 5.64. The smallest absolute Gasteiger partial charge is 0.246 e. The number of rotatable bonds is 5. The van der Waals surface area contributed by atoms with Gasteiger partial charge in [-0.2, -0.15) is 0 Å². The van der Waals surface area contributed by atoms with Crippen molar-refractivity contribution < 1.29 is 13.5 Å². The van der Waals surface area contributed by atoms with E-state index in [0.717, 1.165) is 11.0 Å². The van der Waals surface area contributed by atoms with Crippen LogP contribution in [0, 0.1) is 0 Å². The Morgan fingerprint density at radius 3 is 2.50 bits per heavy atom. The molecular formula is C10H14N2O3S. The summed E-state index contributed by atoms with van der Waals surface area (Å²) in [5, 5.41) is 10.1. The van der Waals surface area contributed by atoms with Crippen LogP contribution in [-0.2, 0) is 16.6 Å². The van der Waals surface area contributed by atoms with E-state index in [-0.39, 0.29) is 5.75 Å². The van der Waals surface area contributed by atoms with E-state index < -0.39 is 10.0 Å². The Kier molecular flexibility index (Phi) is 4.48. The first kappa shape index (κ1) is 12.7. The molecule has 88 valence electrons. The Morgan fingerprint density at radius 1 is 1.31 bits per heavy atom. The van der Waals surface area contributed by atoms with Crippen molar-refractivity contribution >= 4 is 10.0 Å². The number of hydrazine groups is 1. The lowest BCUT2D eigenvalue weighted by Gasteiger charge is -2.05. The van der Waals surface area contributed by atoms with Crippen molar-refractivity contribution in [2.75, 3.05) is 0 Å². The molecule has 1 rings (SSSR count). The number of phenolic OH excluding ortho intramolecular Hbond substituents is 1. The molecule has 0 bridgehead atoms. The summed E-state index contributed by atoms with van der Waals surface area (Å²) in [6.07, 6.45) is 1.44. The summed E-state index contributed by atoms with van der Waals surface area (Å²) in [5.41, 5.74) is 3.44. The molecule has 0 saturated carbocycles. The fraction of sp³-hybridized carbons (Fsp3) is 0.200. The standard InChI is InChI=1S/C10H14N2O3S/c1-2-7-16(14,15)12-11-8-9-3-5-10(13)6-4-9/h2-7,11-13H,8H2,1H3. The van der Waals surface area contributed by atoms with Crippen molar-refractivity contribution in [2.24, 2.45) is 0 Å². The highest BCUT2D eigenvalue weighted by molar-refractivity contribution is 7.92. The van der Waals surface area contributed by atoms with E-state index in [1.165, 1.54) is 18.2 Å². The maximum atomic E-state index is 11.2. The Bertz CT molecular complexity index is 451. The predicted octanol–water partition coefficient (Wildman–Crippen LogP) is 0.850. The molecule has 16 heavy (non-hydrogen) atoms. The van der Waals surface area contributed by atoms with E-state index >= 15 is 0 Å². The van der Waals surface area contributed by atoms with Crippen molar-refractivity contribution in [3.05, 3.63) is 41.3 Å². The van der Waals surface area contributed by atoms with Gasteiger partial charge >= 0.3 is 0 Å². The summed E-state index contributed by atoms with van der Waals surface area (Å²) in [6.45, 7) is 1.97. The van der Waals surface area contributed by atoms with Crippen LogP contribution < -0.4 is 10.3 Å². The number of hydrogen-bond acceptors (Lipinski definition) is 4. The number of benzene rings is 1. The predicted molar refractivity (Wildman–Crippen MR) is 61.8 cm³/mol. The topological polar surface area (TPSA) is 78.4 Å². The lowest BCUT2D eigenvalue weighted by Crippen LogP contribution is -2.35. The third-order valence-electron chi connectivity index (χ3n) is 1.76. The van der Waals surface area contributed by atoms with Gasteiger partial charge in [0.15, 0.2) is 0 Å². The molecule has 5 nitrogen and oxygen atoms in total. The summed E-state index contributed by atoms with van der Waals surface area (Å²) in [7, 11) is -3.40. The average Bonchev–Trinajstić information content (AvgIpc) is 2.20. The zero-order chi connectivity index (χ0) is 12.0. The minimum atomic E-state index is -3.40. The molecule has 0 spiro atoms. The first-order chi connectivity index (χ1) is 7.53. The van der Waals surface area contributed by atoms with Crippen molar-refractivity contribution in [1.82, 2.24) is 10.3 Å². The summed E-state index contributed by atoms with van der Waals surface area (Å²) in [5.74, 6) is 0.179. The summed E-state index contributed by atoms with van der Waals surface area (Å²) >= 11 is 0. The van der Waals surface area contributed by atoms with Crippen molar-refractivity contribution in [3.8, 4) is 5.75 Å². The molecular weight excluding hydrogens is 228 g/mol. The minimum Gasteiger partial charge on any atom is -0.508 e. The summed E-state index contributed by atoms with van der Waals surface area (Å²) in [6, 6.07) is 6.48. The number of nitrogens with one attached hydrogen (secondary N) is 2. The number of sulfonamides is 1. The Balaban J connectivity index is 2.45. The zero-order valence-corrected chi connectivity index (χ0v) is 9.66. The van der Waals surface area contributed by atoms with E-state index in [1.807, 2.05) is 0 Å². The van der Waals surface area contributed by atoms with Crippen LogP contribution in [0.1, 0.15) is 12.5 Å². The second-order valence-corrected chi connectivity index (χ2v) is 4.70. The second-order valence-electron chi connectivity index (χ2n) is 3.14. The highest BCUT2D eigenvalue weighted by Gasteiger charge is 2.02. The number of phenols is 1. The lowest BCUT2D eigenvalue weighted by atomic mass is 10.2. The third-order valence-corrected chi connectivity index (χ3v) is 2.82. The molecule has 0 radical (unpaired) electrons. The highest BCUT2D eigenvalue weighted by atomic mass is 32.2. The maximum Gasteiger partial charge on any atom is 0.246 e. The van der Waals surface area contributed by atoms with Crippen LogP contribution in [0.15, 0.2) is 35.7 Å². The quantitative estimate of drug-likeness (QED) is 0.669. The molecule has 0 aliphatic rings. The van der Waals surface area contributed by atoms with Gasteiger partial charge in [0.05, 0.1) is 0 Å². The first-order valence-electron chi connectivity index (χ1n) is 4.69. The molecule has 1 aromatic carbocycles. The fourth-order valence-electron chi connectivity index (χ4n) is 1.07. The Morgan fingerprint density at radius 2 is 1.94 bits per heavy atom. The van der Waals surface area contributed by atoms with Gasteiger partial charge < -0.3 is 5.11 Å². The molecule has 0 amide bonds. The molecule has 0 aromatic heterocycles. The first-order valence-corrected chi connectivity index (χ1v) is 6.23. The average molecular weight is 242 g/mol. The van der Waals surface area contributed by atoms with E-state index in [2.05, 4.69) is 10.3 Å². The molecule has 6 heteroatoms. The largest absolute Gasteiger partial charge is 0.508 e. The monoisotopic (exact) mass is 242 g/mol. The number of aromatic hydroxyl groups is 1. The van der Waals surface area contributed by atoms with Crippen LogP contribution in [-0.4, -0.2) is 13.5 Å². The molecule has 1 aromatic rings. The Hall–Kier alpha value is -1.37. The molecule has 0 unspecified atom stereocenters. The molecule has 0 atom stereocenters. The van der Waals surface area contributed by atoms with E-state index in [0.29, 0.717) is 6.54 Å². The van der Waals surface area contributed by atoms with E-state index in [9.17, 15) is 8.42 Å². The fourth-order valence-corrected chi connectivity index (χ4v) is 1.77. The number of hydrogen-bond donors (Lipinski definition) is 3. The minimum absolute atomic E-state index is 0.179. The van der Waals surface area contributed by atoms with Crippen LogP contribution >= 0.6 is 0 Å². The van der Waals surface area contributed by atoms with Gasteiger partial charge in [0, 0.05) is 12.0 Å². The van der Waals surface area contributed by atoms with Crippen LogP contribution in [0.2, 0.25) is 0 Å². The van der Waals surface area contributed by atoms with Gasteiger partial charge in [0.1, 0.15) is 5.75 Å². The van der Waals surface area contributed by atoms with E-state index in [1.54, 1.807) is 19.1 Å². The van der Waals surface area contributed by atoms with Crippen LogP contribution in [0.25, 0.3) is 0 Å². The highest BCUT2D eigenvalue weighted by Crippen LogP contribution is 2.08. The molecule has 0 fully saturated rings. The van der Waals surface area contributed by atoms with Crippen molar-refractivity contribution in [1.29, 1.82) is 0 Å². The molecule has 0 aliphatic heterocycles. The van der Waals surface area contributed by atoms with Crippen molar-refractivity contribution in [3.63, 3.8) is 0 Å². The van der Waals surface area contributed by atoms with Gasteiger partial charge in [-0.3, -0.25) is 0 Å². The van der Waals surface area contributed by atoms with E-state index in [4.69, 9.17) is 5.11 Å². The third kappa shape index (κ3) is 4.43. The van der Waals surface area contributed by atoms with Gasteiger partial charge in [0.25, 0.3) is 0 Å². The van der Waals surface area contributed by atoms with Crippen LogP contribution in [0.4, 0.5) is 0 Å². The van der Waals surface area contributed by atoms with Gasteiger partial charge in [0.2, 0.25) is 10.0 Å². The molecule has 0 aliphatic carbocycles. The van der Waals surface area contributed by atoms with Crippen LogP contribution in [0.3, 0.4) is 0 Å². The normalized spacial score (nSPS) is 12.1. The summed E-state index contributed by atoms with van der Waals surface area (Å²) in [4.78, 5) is 2.20. The SMILES string of the molecule is CC=CS(=O)(=O)NNCc1ccc(O)cc1. The Labute approximate surface area is 94.8 Å². The maximum absolute atomic E-state index is 11.2. The lowest BCUT2D eigenvalue weighted by molar-refractivity contribution is 0.475. The molecule has 3 N–H and O–H groups in total. The van der Waals surface area contributed by atoms with Gasteiger partial charge in [-0.15, -0.1) is 4.83 Å². The zero-order valence-electron chi connectivity index (χ0n) is 8.84. The van der Waals surface area contributed by atoms with Crippen molar-refractivity contribution in [2.45, 2.75) is 13.5 Å². The van der Waals surface area contributed by atoms with Gasteiger partial charge in [-0.1, -0.05) is 18.2 Å². The summed E-state index contributed by atoms with van der Waals surface area (Å²) < 4.78 is 22.3. The van der Waals surface area contributed by atoms with Gasteiger partial charge in [-0.25, -0.2) is 13.8 Å². The number of allylic oxidation sites excluding steroid dienone is 1. The van der Waals surface area contributed by atoms with Crippen LogP contribution in [0.5, 0.6) is 5.75 Å². The van der Waals surface area contributed by atoms with Gasteiger partial charge in [-0.05, 0) is 24.6 Å². The molecule has 0 saturated heterocycles. The molecule has 0 heterocycles.